The molecule has 2 saturated heterocycles. The summed E-state index contributed by atoms with van der Waals surface area (Å²) < 4.78 is 5.77. The molecule has 1 atom stereocenters. The Morgan fingerprint density at radius 2 is 1.81 bits per heavy atom. The van der Waals surface area contributed by atoms with Crippen LogP contribution in [0, 0.1) is 5.41 Å². The van der Waals surface area contributed by atoms with E-state index in [1.165, 1.54) is 0 Å². The average Bonchev–Trinajstić information content (AvgIpc) is 2.97. The van der Waals surface area contributed by atoms with Gasteiger partial charge in [0.1, 0.15) is 6.61 Å². The zero-order valence-electron chi connectivity index (χ0n) is 14.7. The number of likely N-dealkylation sites (tertiary alicyclic amines) is 1. The van der Waals surface area contributed by atoms with Gasteiger partial charge in [0.2, 0.25) is 0 Å². The van der Waals surface area contributed by atoms with Crippen LogP contribution in [0.4, 0.5) is 5.69 Å². The number of halogens is 1. The molecule has 0 saturated carbocycles. The fraction of sp³-hybridized carbons (Fsp3) is 0.381. The molecule has 2 aromatic rings. The van der Waals surface area contributed by atoms with Gasteiger partial charge in [0.25, 0.3) is 5.91 Å². The second-order valence-electron chi connectivity index (χ2n) is 7.36. The van der Waals surface area contributed by atoms with Gasteiger partial charge in [-0.05, 0) is 36.7 Å². The maximum absolute atomic E-state index is 12.5. The second kappa shape index (κ2) is 7.39. The highest BCUT2D eigenvalue weighted by Gasteiger charge is 2.43. The Kier molecular flexibility index (Phi) is 4.98. The van der Waals surface area contributed by atoms with E-state index < -0.39 is 0 Å². The van der Waals surface area contributed by atoms with E-state index in [4.69, 9.17) is 16.3 Å². The summed E-state index contributed by atoms with van der Waals surface area (Å²) in [5.74, 6) is 0.0395. The van der Waals surface area contributed by atoms with E-state index in [9.17, 15) is 4.79 Å². The molecule has 136 valence electrons. The number of nitrogens with zero attached hydrogens (tertiary/aromatic N) is 2. The number of benzene rings is 2. The van der Waals surface area contributed by atoms with Crippen LogP contribution in [-0.4, -0.2) is 43.7 Å². The Bertz CT molecular complexity index is 783. The monoisotopic (exact) mass is 370 g/mol. The van der Waals surface area contributed by atoms with Gasteiger partial charge in [0, 0.05) is 35.8 Å². The smallest absolute Gasteiger partial charge is 0.252 e. The van der Waals surface area contributed by atoms with E-state index in [0.717, 1.165) is 42.3 Å². The summed E-state index contributed by atoms with van der Waals surface area (Å²) in [6.07, 6.45) is 1.02. The Hall–Kier alpha value is -1.88. The number of rotatable bonds is 3. The van der Waals surface area contributed by atoms with Gasteiger partial charge in [0.15, 0.2) is 0 Å². The van der Waals surface area contributed by atoms with Crippen molar-refractivity contribution in [3.63, 3.8) is 0 Å². The molecule has 0 aromatic heterocycles. The quantitative estimate of drug-likeness (QED) is 0.827. The van der Waals surface area contributed by atoms with Crippen molar-refractivity contribution in [2.24, 2.45) is 5.41 Å². The van der Waals surface area contributed by atoms with E-state index >= 15 is 0 Å². The van der Waals surface area contributed by atoms with Crippen molar-refractivity contribution in [3.8, 4) is 0 Å². The first-order chi connectivity index (χ1) is 12.7. The van der Waals surface area contributed by atoms with Crippen molar-refractivity contribution in [3.05, 3.63) is 65.2 Å². The number of hydrogen-bond donors (Lipinski definition) is 0. The minimum atomic E-state index is -0.0245. The summed E-state index contributed by atoms with van der Waals surface area (Å²) in [6.45, 7) is 4.22. The van der Waals surface area contributed by atoms with Gasteiger partial charge in [-0.15, -0.1) is 0 Å². The van der Waals surface area contributed by atoms with Crippen LogP contribution in [0.15, 0.2) is 54.6 Å². The number of para-hydroxylation sites is 1. The van der Waals surface area contributed by atoms with E-state index in [1.807, 2.05) is 53.4 Å². The van der Waals surface area contributed by atoms with Gasteiger partial charge in [-0.25, -0.2) is 0 Å². The third kappa shape index (κ3) is 3.63. The number of anilines is 1. The first-order valence-corrected chi connectivity index (χ1v) is 9.42. The topological polar surface area (TPSA) is 32.8 Å². The van der Waals surface area contributed by atoms with Crippen molar-refractivity contribution < 1.29 is 9.53 Å². The molecule has 0 aliphatic carbocycles. The standard InChI is InChI=1S/C21H23ClN2O2/c22-19-9-5-4-6-17(19)12-23-11-10-21(14-23)15-24(20(25)13-26-16-21)18-7-2-1-3-8-18/h1-9H,10-16H2. The molecule has 1 spiro atoms. The minimum Gasteiger partial charge on any atom is -0.371 e. The Balaban J connectivity index is 1.51. The van der Waals surface area contributed by atoms with Crippen LogP contribution in [0.1, 0.15) is 12.0 Å². The predicted octanol–water partition coefficient (Wildman–Crippen LogP) is 3.60. The number of ether oxygens (including phenoxy) is 1. The highest BCUT2D eigenvalue weighted by atomic mass is 35.5. The van der Waals surface area contributed by atoms with Gasteiger partial charge in [-0.1, -0.05) is 48.0 Å². The molecule has 2 fully saturated rings. The number of hydrogen-bond acceptors (Lipinski definition) is 3. The van der Waals surface area contributed by atoms with Gasteiger partial charge < -0.3 is 9.64 Å². The van der Waals surface area contributed by atoms with Crippen LogP contribution in [-0.2, 0) is 16.1 Å². The Labute approximate surface area is 159 Å². The third-order valence-corrected chi connectivity index (χ3v) is 5.73. The van der Waals surface area contributed by atoms with Crippen LogP contribution in [0.2, 0.25) is 5.02 Å². The zero-order valence-corrected chi connectivity index (χ0v) is 15.5. The zero-order chi connectivity index (χ0) is 18.0. The molecule has 2 heterocycles. The van der Waals surface area contributed by atoms with Crippen LogP contribution in [0.25, 0.3) is 0 Å². The molecule has 0 radical (unpaired) electrons. The molecular weight excluding hydrogens is 348 g/mol. The second-order valence-corrected chi connectivity index (χ2v) is 7.77. The normalized spacial score (nSPS) is 24.2. The molecular formula is C21H23ClN2O2. The van der Waals surface area contributed by atoms with Crippen LogP contribution >= 0.6 is 11.6 Å². The molecule has 1 unspecified atom stereocenters. The van der Waals surface area contributed by atoms with E-state index in [0.29, 0.717) is 13.2 Å². The van der Waals surface area contributed by atoms with E-state index in [1.54, 1.807) is 0 Å². The largest absolute Gasteiger partial charge is 0.371 e. The van der Waals surface area contributed by atoms with Crippen LogP contribution < -0.4 is 4.90 Å². The number of amides is 1. The minimum absolute atomic E-state index is 0.0245. The van der Waals surface area contributed by atoms with Crippen LogP contribution in [0.5, 0.6) is 0 Å². The summed E-state index contributed by atoms with van der Waals surface area (Å²) in [4.78, 5) is 16.9. The molecule has 0 bridgehead atoms. The fourth-order valence-electron chi connectivity index (χ4n) is 4.02. The lowest BCUT2D eigenvalue weighted by Crippen LogP contribution is -2.42. The van der Waals surface area contributed by atoms with E-state index in [2.05, 4.69) is 11.0 Å². The molecule has 2 aliphatic heterocycles. The fourth-order valence-corrected chi connectivity index (χ4v) is 4.22. The summed E-state index contributed by atoms with van der Waals surface area (Å²) in [5.41, 5.74) is 2.08. The lowest BCUT2D eigenvalue weighted by molar-refractivity contribution is -0.122. The maximum atomic E-state index is 12.5. The average molecular weight is 371 g/mol. The van der Waals surface area contributed by atoms with Gasteiger partial charge in [-0.2, -0.15) is 0 Å². The maximum Gasteiger partial charge on any atom is 0.252 e. The van der Waals surface area contributed by atoms with Gasteiger partial charge in [0.05, 0.1) is 6.61 Å². The Morgan fingerprint density at radius 3 is 2.62 bits per heavy atom. The molecule has 2 aromatic carbocycles. The van der Waals surface area contributed by atoms with Crippen molar-refractivity contribution in [2.45, 2.75) is 13.0 Å². The highest BCUT2D eigenvalue weighted by Crippen LogP contribution is 2.36. The first-order valence-electron chi connectivity index (χ1n) is 9.04. The summed E-state index contributed by atoms with van der Waals surface area (Å²) in [6, 6.07) is 17.9. The van der Waals surface area contributed by atoms with Gasteiger partial charge in [-0.3, -0.25) is 9.69 Å². The molecule has 2 aliphatic rings. The van der Waals surface area contributed by atoms with Crippen molar-refractivity contribution in [2.75, 3.05) is 37.7 Å². The molecule has 0 N–H and O–H groups in total. The molecule has 4 rings (SSSR count). The lowest BCUT2D eigenvalue weighted by Gasteiger charge is -2.32. The van der Waals surface area contributed by atoms with Crippen molar-refractivity contribution in [1.29, 1.82) is 0 Å². The molecule has 1 amide bonds. The molecule has 5 heteroatoms. The van der Waals surface area contributed by atoms with E-state index in [-0.39, 0.29) is 17.9 Å². The predicted molar refractivity (Wildman–Crippen MR) is 103 cm³/mol. The highest BCUT2D eigenvalue weighted by molar-refractivity contribution is 6.31. The van der Waals surface area contributed by atoms with Crippen molar-refractivity contribution in [1.82, 2.24) is 4.90 Å². The Morgan fingerprint density at radius 1 is 1.04 bits per heavy atom. The SMILES string of the molecule is O=C1COCC2(CCN(Cc3ccccc3Cl)C2)CN1c1ccccc1. The third-order valence-electron chi connectivity index (χ3n) is 5.37. The summed E-state index contributed by atoms with van der Waals surface area (Å²) in [7, 11) is 0. The van der Waals surface area contributed by atoms with Gasteiger partial charge >= 0.3 is 0 Å². The van der Waals surface area contributed by atoms with Crippen molar-refractivity contribution >= 4 is 23.2 Å². The molecule has 26 heavy (non-hydrogen) atoms. The van der Waals surface area contributed by atoms with Crippen LogP contribution in [0.3, 0.4) is 0 Å². The number of carbonyl (C=O) groups is 1. The first kappa shape index (κ1) is 17.5. The molecule has 4 nitrogen and oxygen atoms in total. The lowest BCUT2D eigenvalue weighted by atomic mass is 9.87. The summed E-state index contributed by atoms with van der Waals surface area (Å²) in [5, 5.41) is 0.812. The number of carbonyl (C=O) groups excluding carboxylic acids is 1. The summed E-state index contributed by atoms with van der Waals surface area (Å²) >= 11 is 6.32.